The van der Waals surface area contributed by atoms with Gasteiger partial charge in [0.15, 0.2) is 0 Å². The van der Waals surface area contributed by atoms with Gasteiger partial charge in [0.2, 0.25) is 0 Å². The molecule has 0 saturated carbocycles. The van der Waals surface area contributed by atoms with Crippen LogP contribution < -0.4 is 0 Å². The highest BCUT2D eigenvalue weighted by molar-refractivity contribution is 4.39. The van der Waals surface area contributed by atoms with Gasteiger partial charge in [-0.15, -0.1) is 0 Å². The molecule has 0 fully saturated rings. The van der Waals surface area contributed by atoms with Crippen molar-refractivity contribution in [3.8, 4) is 0 Å². The van der Waals surface area contributed by atoms with E-state index < -0.39 is 0 Å². The van der Waals surface area contributed by atoms with Crippen molar-refractivity contribution in [3.05, 3.63) is 0 Å². The molecule has 0 aromatic heterocycles. The van der Waals surface area contributed by atoms with Gasteiger partial charge in [0, 0.05) is 2.74 Å². The number of hydrogen-bond acceptors (Lipinski definition) is 0. The van der Waals surface area contributed by atoms with Gasteiger partial charge in [0.05, 0.1) is 0 Å². The van der Waals surface area contributed by atoms with E-state index in [9.17, 15) is 0 Å². The maximum Gasteiger partial charge on any atom is 0.0267 e. The van der Waals surface area contributed by atoms with E-state index in [0.717, 1.165) is 25.7 Å². The van der Waals surface area contributed by atoms with E-state index in [4.69, 9.17) is 2.74 Å². The molecule has 0 bridgehead atoms. The van der Waals surface area contributed by atoms with Crippen LogP contribution in [0, 0.1) is 0 Å². The fourth-order valence-electron chi connectivity index (χ4n) is 0.633. The van der Waals surface area contributed by atoms with Crippen LogP contribution in [0.4, 0.5) is 0 Å². The summed E-state index contributed by atoms with van der Waals surface area (Å²) < 4.78 is 14.7. The molecule has 0 nitrogen and oxygen atoms in total. The highest BCUT2D eigenvalue weighted by atomic mass is 13.9. The molecule has 0 saturated heterocycles. The highest BCUT2D eigenvalue weighted by Crippen LogP contribution is 2.03. The average Bonchev–Trinajstić information content (AvgIpc) is 1.85. The molecule has 0 aliphatic carbocycles. The van der Waals surface area contributed by atoms with E-state index in [2.05, 4.69) is 6.92 Å². The lowest BCUT2D eigenvalue weighted by Crippen LogP contribution is -1.73. The van der Waals surface area contributed by atoms with Gasteiger partial charge in [-0.25, -0.2) is 0 Å². The molecule has 0 amide bonds. The molecular weight excluding hydrogens is 96.1 g/mol. The lowest BCUT2D eigenvalue weighted by atomic mass is 10.1. The summed E-state index contributed by atoms with van der Waals surface area (Å²) in [5.41, 5.74) is 0. The van der Waals surface area contributed by atoms with Gasteiger partial charge in [0.25, 0.3) is 0 Å². The van der Waals surface area contributed by atoms with Crippen LogP contribution in [0.25, 0.3) is 0 Å². The van der Waals surface area contributed by atoms with Crippen LogP contribution in [-0.4, -0.2) is 0 Å². The smallest absolute Gasteiger partial charge is 0.0267 e. The Labute approximate surface area is 56.1 Å². The normalized spacial score (nSPS) is 21.2. The third-order valence-corrected chi connectivity index (χ3v) is 1.15. The Morgan fingerprint density at radius 1 is 1.12 bits per heavy atom. The number of hydrogen-bond donors (Lipinski definition) is 0. The predicted octanol–water partition coefficient (Wildman–Crippen LogP) is 3.37. The van der Waals surface area contributed by atoms with Crippen LogP contribution in [0.2, 0.25) is 0 Å². The largest absolute Gasteiger partial charge is 0.0654 e. The molecule has 8 heavy (non-hydrogen) atoms. The monoisotopic (exact) mass is 118 g/mol. The molecule has 50 valence electrons. The summed E-state index contributed by atoms with van der Waals surface area (Å²) in [5.74, 6) is 0. The van der Waals surface area contributed by atoms with Gasteiger partial charge in [-0.1, -0.05) is 52.3 Å². The van der Waals surface area contributed by atoms with Crippen molar-refractivity contribution in [2.75, 3.05) is 0 Å². The second kappa shape index (κ2) is 7.00. The fraction of sp³-hybridized carbons (Fsp3) is 1.00. The van der Waals surface area contributed by atoms with Crippen molar-refractivity contribution in [1.82, 2.24) is 0 Å². The molecule has 0 heteroatoms. The van der Waals surface area contributed by atoms with E-state index in [1.54, 1.807) is 0 Å². The molecule has 0 rings (SSSR count). The third kappa shape index (κ3) is 6.00. The second-order valence-corrected chi connectivity index (χ2v) is 2.06. The van der Waals surface area contributed by atoms with Gasteiger partial charge in [0.1, 0.15) is 0 Å². The van der Waals surface area contributed by atoms with Gasteiger partial charge < -0.3 is 0 Å². The second-order valence-electron chi connectivity index (χ2n) is 2.06. The molecule has 0 aromatic carbocycles. The van der Waals surface area contributed by atoms with Crippen molar-refractivity contribution in [2.45, 2.75) is 52.3 Å². The molecular formula is C8H18. The molecule has 0 aliphatic rings. The molecule has 0 aromatic rings. The molecule has 0 N–H and O–H groups in total. The lowest BCUT2D eigenvalue weighted by molar-refractivity contribution is 0.624. The van der Waals surface area contributed by atoms with Crippen molar-refractivity contribution >= 4 is 0 Å². The standard InChI is InChI=1S/C8H18/c1-3-5-7-8-6-4-2/h3-8H2,1-2H3/i3T,8T. The summed E-state index contributed by atoms with van der Waals surface area (Å²) in [4.78, 5) is 0. The van der Waals surface area contributed by atoms with Crippen LogP contribution in [-0.2, 0) is 0 Å². The van der Waals surface area contributed by atoms with Gasteiger partial charge in [-0.05, 0) is 0 Å². The van der Waals surface area contributed by atoms with Crippen molar-refractivity contribution in [2.24, 2.45) is 0 Å². The Hall–Kier alpha value is 0. The van der Waals surface area contributed by atoms with Crippen molar-refractivity contribution < 1.29 is 2.74 Å². The topological polar surface area (TPSA) is 0 Å². The Bertz CT molecular complexity index is 71.7. The average molecular weight is 118 g/mol. The molecule has 0 heterocycles. The molecule has 0 radical (unpaired) electrons. The summed E-state index contributed by atoms with van der Waals surface area (Å²) in [7, 11) is 0. The summed E-state index contributed by atoms with van der Waals surface area (Å²) in [5, 5.41) is 0. The SMILES string of the molecule is [3H]C(C)CCC([3H])CCC. The first-order chi connectivity index (χ1) is 4.66. The minimum Gasteiger partial charge on any atom is -0.0654 e. The summed E-state index contributed by atoms with van der Waals surface area (Å²) >= 11 is 0. The zero-order valence-corrected chi connectivity index (χ0v) is 5.98. The van der Waals surface area contributed by atoms with Crippen LogP contribution >= 0.6 is 0 Å². The quantitative estimate of drug-likeness (QED) is 0.519. The van der Waals surface area contributed by atoms with Crippen molar-refractivity contribution in [3.63, 3.8) is 0 Å². The maximum absolute atomic E-state index is 7.48. The Kier molecular flexibility index (Phi) is 4.23. The van der Waals surface area contributed by atoms with E-state index in [1.807, 2.05) is 6.92 Å². The lowest BCUT2D eigenvalue weighted by Gasteiger charge is -1.93. The van der Waals surface area contributed by atoms with Crippen LogP contribution in [0.15, 0.2) is 0 Å². The fourth-order valence-corrected chi connectivity index (χ4v) is 0.633. The first kappa shape index (κ1) is 4.84. The van der Waals surface area contributed by atoms with Gasteiger partial charge in [-0.3, -0.25) is 0 Å². The maximum atomic E-state index is 7.48. The first-order valence-corrected chi connectivity index (χ1v) is 3.51. The zero-order chi connectivity index (χ0) is 7.98. The minimum atomic E-state index is 0.0182. The summed E-state index contributed by atoms with van der Waals surface area (Å²) in [6, 6.07) is 0. The van der Waals surface area contributed by atoms with E-state index in [0.29, 0.717) is 0 Å². The van der Waals surface area contributed by atoms with Gasteiger partial charge in [-0.2, -0.15) is 0 Å². The van der Waals surface area contributed by atoms with E-state index in [-0.39, 0.29) is 12.8 Å². The molecule has 0 aliphatic heterocycles. The number of rotatable bonds is 5. The highest BCUT2D eigenvalue weighted by Gasteiger charge is 1.83. The minimum absolute atomic E-state index is 0.0182. The van der Waals surface area contributed by atoms with E-state index in [1.165, 1.54) is 0 Å². The molecule has 2 atom stereocenters. The summed E-state index contributed by atoms with van der Waals surface area (Å²) in [6.07, 6.45) is 3.97. The Morgan fingerprint density at radius 2 is 1.88 bits per heavy atom. The first-order valence-electron chi connectivity index (χ1n) is 4.66. The van der Waals surface area contributed by atoms with Crippen molar-refractivity contribution in [1.29, 1.82) is 0 Å². The third-order valence-electron chi connectivity index (χ3n) is 1.15. The summed E-state index contributed by atoms with van der Waals surface area (Å²) in [6.45, 7) is 3.99. The molecule has 0 spiro atoms. The predicted molar refractivity (Wildman–Crippen MR) is 39.1 cm³/mol. The Morgan fingerprint density at radius 3 is 2.38 bits per heavy atom. The van der Waals surface area contributed by atoms with E-state index >= 15 is 0 Å². The van der Waals surface area contributed by atoms with Crippen LogP contribution in [0.3, 0.4) is 0 Å². The van der Waals surface area contributed by atoms with Crippen LogP contribution in [0.5, 0.6) is 0 Å². The van der Waals surface area contributed by atoms with Gasteiger partial charge >= 0.3 is 0 Å². The van der Waals surface area contributed by atoms with Crippen LogP contribution in [0.1, 0.15) is 55.1 Å². The zero-order valence-electron chi connectivity index (χ0n) is 7.98. The Balaban J connectivity index is 3.12. The molecule has 2 unspecified atom stereocenters.